The Morgan fingerprint density at radius 1 is 1.16 bits per heavy atom. The highest BCUT2D eigenvalue weighted by atomic mass is 35.5. The number of fused-ring (bicyclic) bond motifs is 1. The maximum atomic E-state index is 11.6. The molecule has 130 valence electrons. The van der Waals surface area contributed by atoms with Crippen LogP contribution in [0.4, 0.5) is 10.5 Å². The molecule has 0 saturated carbocycles. The number of methoxy groups -OCH3 is 1. The minimum absolute atomic E-state index is 0.165. The summed E-state index contributed by atoms with van der Waals surface area (Å²) in [6.45, 7) is 3.60. The van der Waals surface area contributed by atoms with Crippen LogP contribution in [0.2, 0.25) is 5.02 Å². The molecule has 0 aliphatic heterocycles. The second-order valence-electron chi connectivity index (χ2n) is 5.88. The van der Waals surface area contributed by atoms with E-state index in [-0.39, 0.29) is 6.10 Å². The second kappa shape index (κ2) is 7.07. The molecule has 5 nitrogen and oxygen atoms in total. The minimum atomic E-state index is -0.474. The number of halogens is 1. The number of H-pyrrole nitrogens is 1. The third-order valence-corrected chi connectivity index (χ3v) is 4.10. The molecule has 25 heavy (non-hydrogen) atoms. The number of hydrogen-bond donors (Lipinski definition) is 2. The standard InChI is InChI=1S/C19H19ClN2O3/c1-11(2)25-19(23)21-13-6-4-12(5-7-13)18-17(20)15-9-8-14(24-3)10-16(15)22-18/h4-11,22H,1-3H3,(H,21,23). The molecule has 0 saturated heterocycles. The molecular weight excluding hydrogens is 340 g/mol. The third-order valence-electron chi connectivity index (χ3n) is 3.71. The molecule has 0 bridgehead atoms. The van der Waals surface area contributed by atoms with Crippen LogP contribution in [-0.4, -0.2) is 24.3 Å². The molecule has 0 atom stereocenters. The van der Waals surface area contributed by atoms with Gasteiger partial charge in [-0.25, -0.2) is 4.79 Å². The molecule has 0 spiro atoms. The van der Waals surface area contributed by atoms with Crippen molar-refractivity contribution >= 4 is 34.3 Å². The van der Waals surface area contributed by atoms with Crippen LogP contribution in [0.25, 0.3) is 22.2 Å². The SMILES string of the molecule is COc1ccc2c(Cl)c(-c3ccc(NC(=O)OC(C)C)cc3)[nH]c2c1. The van der Waals surface area contributed by atoms with Gasteiger partial charge in [0.1, 0.15) is 5.75 Å². The average molecular weight is 359 g/mol. The molecule has 1 amide bonds. The average Bonchev–Trinajstić information content (AvgIpc) is 2.91. The maximum Gasteiger partial charge on any atom is 0.411 e. The molecule has 1 heterocycles. The van der Waals surface area contributed by atoms with E-state index < -0.39 is 6.09 Å². The first-order valence-corrected chi connectivity index (χ1v) is 8.29. The van der Waals surface area contributed by atoms with Gasteiger partial charge in [-0.05, 0) is 43.7 Å². The Balaban J connectivity index is 1.86. The van der Waals surface area contributed by atoms with Gasteiger partial charge in [0.15, 0.2) is 0 Å². The molecule has 0 radical (unpaired) electrons. The van der Waals surface area contributed by atoms with Gasteiger partial charge in [-0.3, -0.25) is 5.32 Å². The minimum Gasteiger partial charge on any atom is -0.497 e. The van der Waals surface area contributed by atoms with Crippen molar-refractivity contribution in [3.8, 4) is 17.0 Å². The summed E-state index contributed by atoms with van der Waals surface area (Å²) in [4.78, 5) is 15.0. The Hall–Kier alpha value is -2.66. The Morgan fingerprint density at radius 3 is 2.52 bits per heavy atom. The summed E-state index contributed by atoms with van der Waals surface area (Å²) in [5.74, 6) is 0.764. The molecule has 2 N–H and O–H groups in total. The molecule has 3 rings (SSSR count). The van der Waals surface area contributed by atoms with Gasteiger partial charge in [0.05, 0.1) is 29.4 Å². The smallest absolute Gasteiger partial charge is 0.411 e. The predicted molar refractivity (Wildman–Crippen MR) is 101 cm³/mol. The number of amides is 1. The summed E-state index contributed by atoms with van der Waals surface area (Å²) in [5.41, 5.74) is 3.30. The zero-order chi connectivity index (χ0) is 18.0. The fraction of sp³-hybridized carbons (Fsp3) is 0.211. The highest BCUT2D eigenvalue weighted by molar-refractivity contribution is 6.38. The van der Waals surface area contributed by atoms with Gasteiger partial charge in [0.2, 0.25) is 0 Å². The van der Waals surface area contributed by atoms with Crippen molar-refractivity contribution < 1.29 is 14.3 Å². The van der Waals surface area contributed by atoms with E-state index in [0.29, 0.717) is 10.7 Å². The number of aromatic amines is 1. The number of nitrogens with one attached hydrogen (secondary N) is 2. The predicted octanol–water partition coefficient (Wildman–Crippen LogP) is 5.45. The summed E-state index contributed by atoms with van der Waals surface area (Å²) >= 11 is 6.51. The van der Waals surface area contributed by atoms with Crippen LogP contribution in [0, 0.1) is 0 Å². The van der Waals surface area contributed by atoms with Crippen LogP contribution in [0.3, 0.4) is 0 Å². The van der Waals surface area contributed by atoms with Crippen LogP contribution < -0.4 is 10.1 Å². The van der Waals surface area contributed by atoms with Gasteiger partial charge in [-0.1, -0.05) is 23.7 Å². The maximum absolute atomic E-state index is 11.6. The summed E-state index contributed by atoms with van der Waals surface area (Å²) in [7, 11) is 1.63. The second-order valence-corrected chi connectivity index (χ2v) is 6.26. The van der Waals surface area contributed by atoms with E-state index >= 15 is 0 Å². The largest absolute Gasteiger partial charge is 0.497 e. The number of rotatable bonds is 4. The number of ether oxygens (including phenoxy) is 2. The monoisotopic (exact) mass is 358 g/mol. The van der Waals surface area contributed by atoms with Gasteiger partial charge in [0, 0.05) is 17.1 Å². The third kappa shape index (κ3) is 3.72. The van der Waals surface area contributed by atoms with Gasteiger partial charge in [0.25, 0.3) is 0 Å². The number of carbonyl (C=O) groups excluding carboxylic acids is 1. The van der Waals surface area contributed by atoms with Crippen LogP contribution in [0.5, 0.6) is 5.75 Å². The first-order chi connectivity index (χ1) is 12.0. The molecule has 0 fully saturated rings. The Morgan fingerprint density at radius 2 is 1.88 bits per heavy atom. The molecule has 3 aromatic rings. The fourth-order valence-electron chi connectivity index (χ4n) is 2.55. The summed E-state index contributed by atoms with van der Waals surface area (Å²) in [6, 6.07) is 13.1. The Labute approximate surface area is 150 Å². The normalized spacial score (nSPS) is 10.9. The quantitative estimate of drug-likeness (QED) is 0.651. The highest BCUT2D eigenvalue weighted by Crippen LogP contribution is 2.36. The highest BCUT2D eigenvalue weighted by Gasteiger charge is 2.12. The van der Waals surface area contributed by atoms with Gasteiger partial charge >= 0.3 is 6.09 Å². The summed E-state index contributed by atoms with van der Waals surface area (Å²) in [6.07, 6.45) is -0.639. The lowest BCUT2D eigenvalue weighted by molar-refractivity contribution is 0.130. The van der Waals surface area contributed by atoms with E-state index in [1.165, 1.54) is 0 Å². The first-order valence-electron chi connectivity index (χ1n) is 7.91. The zero-order valence-corrected chi connectivity index (χ0v) is 15.0. The first kappa shape index (κ1) is 17.2. The van der Waals surface area contributed by atoms with Crippen molar-refractivity contribution in [2.75, 3.05) is 12.4 Å². The molecule has 1 aromatic heterocycles. The summed E-state index contributed by atoms with van der Waals surface area (Å²) < 4.78 is 10.3. The van der Waals surface area contributed by atoms with Crippen molar-refractivity contribution in [2.45, 2.75) is 20.0 Å². The molecule has 2 aromatic carbocycles. The zero-order valence-electron chi connectivity index (χ0n) is 14.2. The van der Waals surface area contributed by atoms with Crippen LogP contribution in [0.1, 0.15) is 13.8 Å². The van der Waals surface area contributed by atoms with E-state index in [1.807, 2.05) is 30.3 Å². The van der Waals surface area contributed by atoms with Crippen molar-refractivity contribution in [3.05, 3.63) is 47.5 Å². The van der Waals surface area contributed by atoms with Gasteiger partial charge in [-0.2, -0.15) is 0 Å². The van der Waals surface area contributed by atoms with Crippen LogP contribution >= 0.6 is 11.6 Å². The van der Waals surface area contributed by atoms with E-state index in [9.17, 15) is 4.79 Å². The van der Waals surface area contributed by atoms with E-state index in [1.54, 1.807) is 33.1 Å². The molecular formula is C19H19ClN2O3. The van der Waals surface area contributed by atoms with E-state index in [0.717, 1.165) is 27.9 Å². The van der Waals surface area contributed by atoms with Crippen molar-refractivity contribution in [1.29, 1.82) is 0 Å². The molecule has 6 heteroatoms. The van der Waals surface area contributed by atoms with Crippen molar-refractivity contribution in [3.63, 3.8) is 0 Å². The Kier molecular flexibility index (Phi) is 4.86. The van der Waals surface area contributed by atoms with E-state index in [4.69, 9.17) is 21.1 Å². The van der Waals surface area contributed by atoms with E-state index in [2.05, 4.69) is 10.3 Å². The number of hydrogen-bond acceptors (Lipinski definition) is 3. The van der Waals surface area contributed by atoms with Gasteiger partial charge < -0.3 is 14.5 Å². The van der Waals surface area contributed by atoms with Gasteiger partial charge in [-0.15, -0.1) is 0 Å². The molecule has 0 aliphatic rings. The van der Waals surface area contributed by atoms with Crippen LogP contribution in [-0.2, 0) is 4.74 Å². The van der Waals surface area contributed by atoms with Crippen molar-refractivity contribution in [1.82, 2.24) is 4.98 Å². The van der Waals surface area contributed by atoms with Crippen molar-refractivity contribution in [2.24, 2.45) is 0 Å². The lowest BCUT2D eigenvalue weighted by Gasteiger charge is -2.09. The topological polar surface area (TPSA) is 63.4 Å². The number of carbonyl (C=O) groups is 1. The lowest BCUT2D eigenvalue weighted by Crippen LogP contribution is -2.17. The van der Waals surface area contributed by atoms with Crippen LogP contribution in [0.15, 0.2) is 42.5 Å². The summed E-state index contributed by atoms with van der Waals surface area (Å²) in [5, 5.41) is 4.27. The number of anilines is 1. The molecule has 0 unspecified atom stereocenters. The Bertz CT molecular complexity index is 901. The molecule has 0 aliphatic carbocycles. The lowest BCUT2D eigenvalue weighted by atomic mass is 10.1. The number of aromatic nitrogens is 1. The number of benzene rings is 2. The fourth-order valence-corrected chi connectivity index (χ4v) is 2.87.